The van der Waals surface area contributed by atoms with Gasteiger partial charge in [0.1, 0.15) is 10.8 Å². The molecule has 38 heavy (non-hydrogen) atoms. The van der Waals surface area contributed by atoms with Crippen molar-refractivity contribution in [2.75, 3.05) is 25.5 Å². The molecule has 196 valence electrons. The molecule has 1 fully saturated rings. The van der Waals surface area contributed by atoms with E-state index < -0.39 is 0 Å². The molecule has 0 radical (unpaired) electrons. The summed E-state index contributed by atoms with van der Waals surface area (Å²) in [4.78, 5) is 17.0. The number of hydrogen-bond donors (Lipinski definition) is 1. The Balaban J connectivity index is 1.43. The van der Waals surface area contributed by atoms with E-state index in [-0.39, 0.29) is 11.9 Å². The van der Waals surface area contributed by atoms with Gasteiger partial charge in [-0.1, -0.05) is 67.6 Å². The van der Waals surface area contributed by atoms with Gasteiger partial charge in [0, 0.05) is 16.0 Å². The maximum atomic E-state index is 13.2. The van der Waals surface area contributed by atoms with E-state index in [9.17, 15) is 4.79 Å². The summed E-state index contributed by atoms with van der Waals surface area (Å²) in [7, 11) is 1.70. The van der Waals surface area contributed by atoms with Crippen LogP contribution in [0, 0.1) is 5.92 Å². The van der Waals surface area contributed by atoms with Gasteiger partial charge >= 0.3 is 0 Å². The molecule has 1 atom stereocenters. The van der Waals surface area contributed by atoms with Crippen molar-refractivity contribution >= 4 is 22.2 Å². The number of amides is 1. The van der Waals surface area contributed by atoms with Crippen molar-refractivity contribution in [3.8, 4) is 5.75 Å². The van der Waals surface area contributed by atoms with Crippen LogP contribution >= 0.6 is 11.3 Å². The van der Waals surface area contributed by atoms with Gasteiger partial charge in [-0.25, -0.2) is 0 Å². The predicted molar refractivity (Wildman–Crippen MR) is 157 cm³/mol. The second-order valence-electron chi connectivity index (χ2n) is 10.0. The van der Waals surface area contributed by atoms with E-state index in [1.165, 1.54) is 21.6 Å². The first-order valence-corrected chi connectivity index (χ1v) is 14.4. The van der Waals surface area contributed by atoms with Crippen LogP contribution in [0.4, 0.5) is 5.00 Å². The second kappa shape index (κ2) is 12.4. The topological polar surface area (TPSA) is 41.6 Å². The lowest BCUT2D eigenvalue weighted by Crippen LogP contribution is -2.38. The lowest BCUT2D eigenvalue weighted by atomic mass is 9.88. The zero-order valence-corrected chi connectivity index (χ0v) is 23.0. The van der Waals surface area contributed by atoms with Gasteiger partial charge in [0.25, 0.3) is 5.91 Å². The molecule has 1 saturated heterocycles. The number of hydrogen-bond acceptors (Lipinski definition) is 4. The van der Waals surface area contributed by atoms with E-state index >= 15 is 0 Å². The Bertz CT molecular complexity index is 1310. The number of nitrogens with one attached hydrogen (secondary N) is 1. The molecule has 3 aromatic carbocycles. The number of likely N-dealkylation sites (tertiary alicyclic amines) is 1. The first-order chi connectivity index (χ1) is 18.6. The summed E-state index contributed by atoms with van der Waals surface area (Å²) in [6.45, 7) is 4.23. The summed E-state index contributed by atoms with van der Waals surface area (Å²) in [6.07, 6.45) is 4.40. The molecule has 1 unspecified atom stereocenters. The zero-order valence-electron chi connectivity index (χ0n) is 22.2. The molecule has 1 N–H and O–H groups in total. The van der Waals surface area contributed by atoms with Crippen molar-refractivity contribution in [1.82, 2.24) is 4.90 Å². The SMILES string of the molecule is CCc1cc(C(c2ccc(OC)cc2)N2CCC(Cc3ccccc3)CC2)c(NC(=O)c2ccccc2)s1. The molecule has 0 bridgehead atoms. The summed E-state index contributed by atoms with van der Waals surface area (Å²) in [5.41, 5.74) is 4.51. The molecule has 0 saturated carbocycles. The van der Waals surface area contributed by atoms with E-state index in [1.54, 1.807) is 18.4 Å². The number of methoxy groups -OCH3 is 1. The monoisotopic (exact) mass is 524 g/mol. The highest BCUT2D eigenvalue weighted by atomic mass is 32.1. The first kappa shape index (κ1) is 26.2. The van der Waals surface area contributed by atoms with Gasteiger partial charge in [-0.2, -0.15) is 0 Å². The Morgan fingerprint density at radius 3 is 2.26 bits per heavy atom. The number of anilines is 1. The molecule has 0 aliphatic carbocycles. The minimum absolute atomic E-state index is 0.0635. The Morgan fingerprint density at radius 1 is 0.974 bits per heavy atom. The van der Waals surface area contributed by atoms with Crippen LogP contribution in [0.3, 0.4) is 0 Å². The smallest absolute Gasteiger partial charge is 0.256 e. The Kier molecular flexibility index (Phi) is 8.57. The first-order valence-electron chi connectivity index (χ1n) is 13.6. The van der Waals surface area contributed by atoms with Crippen LogP contribution in [0.15, 0.2) is 91.0 Å². The van der Waals surface area contributed by atoms with Crippen LogP contribution in [0.25, 0.3) is 0 Å². The van der Waals surface area contributed by atoms with Crippen molar-refractivity contribution in [3.05, 3.63) is 118 Å². The summed E-state index contributed by atoms with van der Waals surface area (Å²) in [5, 5.41) is 4.21. The van der Waals surface area contributed by atoms with Gasteiger partial charge < -0.3 is 10.1 Å². The van der Waals surface area contributed by atoms with E-state index in [4.69, 9.17) is 4.74 Å². The number of rotatable bonds is 9. The average Bonchev–Trinajstić information content (AvgIpc) is 3.37. The lowest BCUT2D eigenvalue weighted by molar-refractivity contribution is 0.102. The fourth-order valence-electron chi connectivity index (χ4n) is 5.43. The molecule has 1 amide bonds. The molecule has 1 aliphatic rings. The van der Waals surface area contributed by atoms with E-state index in [1.807, 2.05) is 42.5 Å². The number of carbonyl (C=O) groups is 1. The number of benzene rings is 3. The van der Waals surface area contributed by atoms with Crippen molar-refractivity contribution in [3.63, 3.8) is 0 Å². The van der Waals surface area contributed by atoms with Crippen LogP contribution in [-0.4, -0.2) is 31.0 Å². The number of piperidine rings is 1. The fourth-order valence-corrected chi connectivity index (χ4v) is 6.46. The van der Waals surface area contributed by atoms with Crippen molar-refractivity contribution < 1.29 is 9.53 Å². The van der Waals surface area contributed by atoms with Gasteiger partial charge in [0.2, 0.25) is 0 Å². The van der Waals surface area contributed by atoms with Gasteiger partial charge in [-0.3, -0.25) is 9.69 Å². The number of aryl methyl sites for hydroxylation is 1. The summed E-state index contributed by atoms with van der Waals surface area (Å²) < 4.78 is 5.45. The van der Waals surface area contributed by atoms with Crippen LogP contribution in [0.5, 0.6) is 5.75 Å². The Hall–Kier alpha value is -3.41. The molecular weight excluding hydrogens is 488 g/mol. The number of ether oxygens (including phenoxy) is 1. The molecule has 4 aromatic rings. The summed E-state index contributed by atoms with van der Waals surface area (Å²) >= 11 is 1.70. The van der Waals surface area contributed by atoms with Crippen LogP contribution in [0.2, 0.25) is 0 Å². The van der Waals surface area contributed by atoms with Crippen LogP contribution < -0.4 is 10.1 Å². The zero-order chi connectivity index (χ0) is 26.3. The van der Waals surface area contributed by atoms with E-state index in [0.717, 1.165) is 49.5 Å². The highest BCUT2D eigenvalue weighted by Gasteiger charge is 2.30. The summed E-state index contributed by atoms with van der Waals surface area (Å²) in [6, 6.07) is 31.1. The van der Waals surface area contributed by atoms with Crippen molar-refractivity contribution in [1.29, 1.82) is 0 Å². The van der Waals surface area contributed by atoms with Gasteiger partial charge in [-0.05, 0) is 86.1 Å². The van der Waals surface area contributed by atoms with E-state index in [2.05, 4.69) is 65.7 Å². The number of thiophene rings is 1. The maximum Gasteiger partial charge on any atom is 0.256 e. The molecule has 1 aliphatic heterocycles. The Morgan fingerprint density at radius 2 is 1.63 bits per heavy atom. The molecule has 4 nitrogen and oxygen atoms in total. The second-order valence-corrected chi connectivity index (χ2v) is 11.2. The third-order valence-corrected chi connectivity index (χ3v) is 8.74. The Labute approximate surface area is 230 Å². The minimum Gasteiger partial charge on any atom is -0.497 e. The van der Waals surface area contributed by atoms with Gasteiger partial charge in [0.15, 0.2) is 0 Å². The van der Waals surface area contributed by atoms with Crippen molar-refractivity contribution in [2.45, 2.75) is 38.6 Å². The molecule has 2 heterocycles. The van der Waals surface area contributed by atoms with E-state index in [0.29, 0.717) is 11.5 Å². The third kappa shape index (κ3) is 6.17. The molecule has 5 heteroatoms. The minimum atomic E-state index is -0.0635. The highest BCUT2D eigenvalue weighted by Crippen LogP contribution is 2.41. The average molecular weight is 525 g/mol. The maximum absolute atomic E-state index is 13.2. The van der Waals surface area contributed by atoms with Gasteiger partial charge in [-0.15, -0.1) is 11.3 Å². The summed E-state index contributed by atoms with van der Waals surface area (Å²) in [5.74, 6) is 1.48. The molecule has 5 rings (SSSR count). The molecule has 0 spiro atoms. The van der Waals surface area contributed by atoms with Crippen LogP contribution in [0.1, 0.15) is 57.7 Å². The lowest BCUT2D eigenvalue weighted by Gasteiger charge is -2.38. The standard InChI is InChI=1S/C33H36N2O2S/c1-3-29-23-30(33(38-29)34-32(36)27-12-8-5-9-13-27)31(26-14-16-28(37-2)17-15-26)35-20-18-25(19-21-35)22-24-10-6-4-7-11-24/h4-17,23,25,31H,3,18-22H2,1-2H3,(H,34,36). The fraction of sp³-hybridized carbons (Fsp3) is 0.303. The quantitative estimate of drug-likeness (QED) is 0.245. The third-order valence-electron chi connectivity index (χ3n) is 7.53. The molecular formula is C33H36N2O2S. The van der Waals surface area contributed by atoms with Crippen LogP contribution in [-0.2, 0) is 12.8 Å². The highest BCUT2D eigenvalue weighted by molar-refractivity contribution is 7.16. The predicted octanol–water partition coefficient (Wildman–Crippen LogP) is 7.62. The largest absolute Gasteiger partial charge is 0.497 e. The molecule has 1 aromatic heterocycles. The van der Waals surface area contributed by atoms with Gasteiger partial charge in [0.05, 0.1) is 13.2 Å². The number of nitrogens with zero attached hydrogens (tertiary/aromatic N) is 1. The number of carbonyl (C=O) groups excluding carboxylic acids is 1. The van der Waals surface area contributed by atoms with Crippen molar-refractivity contribution in [2.24, 2.45) is 5.92 Å². The normalized spacial score (nSPS) is 15.2.